The van der Waals surface area contributed by atoms with Crippen molar-refractivity contribution in [1.29, 1.82) is 0 Å². The van der Waals surface area contributed by atoms with Crippen LogP contribution in [-0.4, -0.2) is 30.7 Å². The molecule has 1 N–H and O–H groups in total. The fraction of sp³-hybridized carbons (Fsp3) is 0.375. The monoisotopic (exact) mass is 394 g/mol. The van der Waals surface area contributed by atoms with Gasteiger partial charge in [-0.3, -0.25) is 4.79 Å². The van der Waals surface area contributed by atoms with Gasteiger partial charge in [0.05, 0.1) is 18.6 Å². The standard InChI is InChI=1S/C24H26O5/c1-5-13(2)6-7-15-18(25)9-8-16-23(26)22-17-11-19(27-4)14(3)10-20(17)28-12-21(22)29-24(15)16/h6,8-11,21-22,25H,5,7,12H2,1-4H3/b13-6+/t21-,22+/m1/s1. The van der Waals surface area contributed by atoms with Gasteiger partial charge in [0.1, 0.15) is 35.7 Å². The SMILES string of the molecule is CC/C(C)=C/Cc1c(O)ccc2c1O[C@@H]1COc3cc(C)c(OC)cc3[C@@H]1C2=O. The van der Waals surface area contributed by atoms with Crippen LogP contribution in [0.1, 0.15) is 53.2 Å². The number of carbonyl (C=O) groups is 1. The zero-order chi connectivity index (χ0) is 20.7. The fourth-order valence-electron chi connectivity index (χ4n) is 4.03. The van der Waals surface area contributed by atoms with E-state index in [1.165, 1.54) is 5.57 Å². The van der Waals surface area contributed by atoms with Gasteiger partial charge in [-0.25, -0.2) is 0 Å². The third-order valence-corrected chi connectivity index (χ3v) is 5.90. The predicted octanol–water partition coefficient (Wildman–Crippen LogP) is 4.73. The normalized spacial score (nSPS) is 20.1. The Morgan fingerprint density at radius 2 is 2.14 bits per heavy atom. The van der Waals surface area contributed by atoms with Crippen LogP contribution in [0.4, 0.5) is 0 Å². The Hall–Kier alpha value is -2.95. The summed E-state index contributed by atoms with van der Waals surface area (Å²) in [5.74, 6) is 1.57. The summed E-state index contributed by atoms with van der Waals surface area (Å²) in [6, 6.07) is 7.03. The molecule has 5 nitrogen and oxygen atoms in total. The van der Waals surface area contributed by atoms with E-state index in [0.717, 1.165) is 23.3 Å². The zero-order valence-corrected chi connectivity index (χ0v) is 17.2. The van der Waals surface area contributed by atoms with Crippen molar-refractivity contribution in [1.82, 2.24) is 0 Å². The van der Waals surface area contributed by atoms with E-state index in [0.29, 0.717) is 29.0 Å². The Balaban J connectivity index is 1.79. The number of aromatic hydroxyl groups is 1. The van der Waals surface area contributed by atoms with E-state index in [4.69, 9.17) is 14.2 Å². The molecule has 2 aromatic carbocycles. The number of aryl methyl sites for hydroxylation is 1. The molecule has 5 heteroatoms. The molecular weight excluding hydrogens is 368 g/mol. The molecule has 0 spiro atoms. The van der Waals surface area contributed by atoms with Gasteiger partial charge in [-0.15, -0.1) is 0 Å². The summed E-state index contributed by atoms with van der Waals surface area (Å²) in [6.07, 6.45) is 3.08. The molecule has 0 amide bonds. The van der Waals surface area contributed by atoms with Crippen molar-refractivity contribution in [3.05, 3.63) is 58.2 Å². The highest BCUT2D eigenvalue weighted by atomic mass is 16.5. The van der Waals surface area contributed by atoms with Crippen LogP contribution in [0.3, 0.4) is 0 Å². The van der Waals surface area contributed by atoms with E-state index >= 15 is 0 Å². The molecule has 0 radical (unpaired) electrons. The van der Waals surface area contributed by atoms with Crippen LogP contribution in [0.5, 0.6) is 23.0 Å². The number of rotatable bonds is 4. The number of hydrogen-bond acceptors (Lipinski definition) is 5. The van der Waals surface area contributed by atoms with Gasteiger partial charge in [0.2, 0.25) is 0 Å². The Kier molecular flexibility index (Phi) is 4.99. The summed E-state index contributed by atoms with van der Waals surface area (Å²) in [7, 11) is 1.62. The van der Waals surface area contributed by atoms with Crippen LogP contribution in [0.15, 0.2) is 35.9 Å². The Morgan fingerprint density at radius 1 is 1.34 bits per heavy atom. The second-order valence-corrected chi connectivity index (χ2v) is 7.72. The number of benzene rings is 2. The lowest BCUT2D eigenvalue weighted by Gasteiger charge is -2.38. The number of ketones is 1. The Bertz CT molecular complexity index is 1000. The Labute approximate surface area is 170 Å². The third-order valence-electron chi connectivity index (χ3n) is 5.90. The number of carbonyl (C=O) groups excluding carboxylic acids is 1. The first kappa shape index (κ1) is 19.4. The molecule has 0 bridgehead atoms. The van der Waals surface area contributed by atoms with Gasteiger partial charge in [-0.05, 0) is 56.5 Å². The first-order chi connectivity index (χ1) is 13.9. The van der Waals surface area contributed by atoms with Gasteiger partial charge in [-0.1, -0.05) is 18.6 Å². The van der Waals surface area contributed by atoms with Crippen molar-refractivity contribution >= 4 is 5.78 Å². The number of hydrogen-bond donors (Lipinski definition) is 1. The molecule has 0 unspecified atom stereocenters. The van der Waals surface area contributed by atoms with Crippen molar-refractivity contribution in [3.63, 3.8) is 0 Å². The maximum absolute atomic E-state index is 13.5. The summed E-state index contributed by atoms with van der Waals surface area (Å²) < 4.78 is 17.6. The molecule has 0 aliphatic carbocycles. The lowest BCUT2D eigenvalue weighted by Crippen LogP contribution is -2.43. The minimum Gasteiger partial charge on any atom is -0.508 e. The lowest BCUT2D eigenvalue weighted by molar-refractivity contribution is 0.0554. The van der Waals surface area contributed by atoms with Crippen LogP contribution in [0, 0.1) is 6.92 Å². The fourth-order valence-corrected chi connectivity index (χ4v) is 4.03. The minimum atomic E-state index is -0.453. The van der Waals surface area contributed by atoms with E-state index in [1.54, 1.807) is 19.2 Å². The number of ether oxygens (including phenoxy) is 3. The highest BCUT2D eigenvalue weighted by Gasteiger charge is 2.44. The first-order valence-electron chi connectivity index (χ1n) is 9.97. The predicted molar refractivity (Wildman–Crippen MR) is 111 cm³/mol. The van der Waals surface area contributed by atoms with Crippen molar-refractivity contribution < 1.29 is 24.1 Å². The quantitative estimate of drug-likeness (QED) is 0.760. The topological polar surface area (TPSA) is 65.0 Å². The molecule has 0 aromatic heterocycles. The van der Waals surface area contributed by atoms with Crippen LogP contribution < -0.4 is 14.2 Å². The van der Waals surface area contributed by atoms with E-state index in [9.17, 15) is 9.90 Å². The molecule has 2 aromatic rings. The minimum absolute atomic E-state index is 0.0100. The summed E-state index contributed by atoms with van der Waals surface area (Å²) >= 11 is 0. The average molecular weight is 394 g/mol. The van der Waals surface area contributed by atoms with Crippen molar-refractivity contribution in [2.24, 2.45) is 0 Å². The number of Topliss-reactive ketones (excluding diaryl/α,β-unsaturated/α-hetero) is 1. The molecule has 152 valence electrons. The highest BCUT2D eigenvalue weighted by molar-refractivity contribution is 6.05. The maximum Gasteiger partial charge on any atom is 0.178 e. The number of fused-ring (bicyclic) bond motifs is 4. The molecule has 4 rings (SSSR count). The largest absolute Gasteiger partial charge is 0.508 e. The van der Waals surface area contributed by atoms with Crippen LogP contribution in [0.25, 0.3) is 0 Å². The third kappa shape index (κ3) is 3.24. The molecule has 2 heterocycles. The smallest absolute Gasteiger partial charge is 0.178 e. The number of phenolic OH excluding ortho intramolecular Hbond substituents is 1. The first-order valence-corrected chi connectivity index (χ1v) is 9.97. The second kappa shape index (κ2) is 7.47. The summed E-state index contributed by atoms with van der Waals surface area (Å²) in [5, 5.41) is 10.4. The molecule has 0 saturated heterocycles. The second-order valence-electron chi connectivity index (χ2n) is 7.72. The highest BCUT2D eigenvalue weighted by Crippen LogP contribution is 2.47. The average Bonchev–Trinajstić information content (AvgIpc) is 2.72. The lowest BCUT2D eigenvalue weighted by atomic mass is 9.81. The van der Waals surface area contributed by atoms with Gasteiger partial charge in [-0.2, -0.15) is 0 Å². The Morgan fingerprint density at radius 3 is 2.86 bits per heavy atom. The van der Waals surface area contributed by atoms with Crippen LogP contribution in [0.2, 0.25) is 0 Å². The summed E-state index contributed by atoms with van der Waals surface area (Å²) in [4.78, 5) is 13.5. The van der Waals surface area contributed by atoms with E-state index in [2.05, 4.69) is 19.9 Å². The number of phenols is 1. The van der Waals surface area contributed by atoms with Crippen LogP contribution in [-0.2, 0) is 6.42 Å². The van der Waals surface area contributed by atoms with Crippen LogP contribution >= 0.6 is 0 Å². The summed E-state index contributed by atoms with van der Waals surface area (Å²) in [6.45, 7) is 6.37. The molecular formula is C24H26O5. The summed E-state index contributed by atoms with van der Waals surface area (Å²) in [5.41, 5.74) is 4.12. The number of methoxy groups -OCH3 is 1. The van der Waals surface area contributed by atoms with E-state index in [1.807, 2.05) is 19.1 Å². The molecule has 0 fully saturated rings. The van der Waals surface area contributed by atoms with Gasteiger partial charge < -0.3 is 19.3 Å². The molecule has 2 atom stereocenters. The van der Waals surface area contributed by atoms with Crippen molar-refractivity contribution in [3.8, 4) is 23.0 Å². The van der Waals surface area contributed by atoms with Gasteiger partial charge in [0.15, 0.2) is 5.78 Å². The molecule has 2 aliphatic rings. The van der Waals surface area contributed by atoms with E-state index in [-0.39, 0.29) is 18.1 Å². The molecule has 29 heavy (non-hydrogen) atoms. The van der Waals surface area contributed by atoms with Crippen molar-refractivity contribution in [2.75, 3.05) is 13.7 Å². The van der Waals surface area contributed by atoms with Gasteiger partial charge >= 0.3 is 0 Å². The van der Waals surface area contributed by atoms with Gasteiger partial charge in [0, 0.05) is 11.1 Å². The molecule has 0 saturated carbocycles. The van der Waals surface area contributed by atoms with Gasteiger partial charge in [0.25, 0.3) is 0 Å². The van der Waals surface area contributed by atoms with Crippen molar-refractivity contribution in [2.45, 2.75) is 45.6 Å². The maximum atomic E-state index is 13.5. The molecule has 2 aliphatic heterocycles. The zero-order valence-electron chi connectivity index (χ0n) is 17.2. The number of allylic oxidation sites excluding steroid dienone is 2. The van der Waals surface area contributed by atoms with E-state index < -0.39 is 12.0 Å².